The van der Waals surface area contributed by atoms with E-state index in [-0.39, 0.29) is 5.41 Å². The monoisotopic (exact) mass is 248 g/mol. The van der Waals surface area contributed by atoms with Crippen molar-refractivity contribution in [3.05, 3.63) is 29.8 Å². The van der Waals surface area contributed by atoms with E-state index >= 15 is 0 Å². The van der Waals surface area contributed by atoms with E-state index in [2.05, 4.69) is 24.5 Å². The first kappa shape index (κ1) is 12.9. The van der Waals surface area contributed by atoms with Gasteiger partial charge in [-0.1, -0.05) is 19.9 Å². The van der Waals surface area contributed by atoms with Crippen molar-refractivity contribution in [3.8, 4) is 0 Å². The van der Waals surface area contributed by atoms with Gasteiger partial charge in [-0.05, 0) is 36.6 Å². The largest absolute Gasteiger partial charge is 0.478 e. The van der Waals surface area contributed by atoms with Crippen LogP contribution in [0.4, 0.5) is 5.69 Å². The highest BCUT2D eigenvalue weighted by Crippen LogP contribution is 2.28. The summed E-state index contributed by atoms with van der Waals surface area (Å²) >= 11 is 0. The van der Waals surface area contributed by atoms with Gasteiger partial charge in [-0.15, -0.1) is 0 Å². The van der Waals surface area contributed by atoms with E-state index in [0.29, 0.717) is 11.6 Å². The summed E-state index contributed by atoms with van der Waals surface area (Å²) in [5.74, 6) is -0.886. The zero-order valence-electron chi connectivity index (χ0n) is 10.9. The second-order valence-electron chi connectivity index (χ2n) is 5.54. The standard InChI is InChI=1S/C14H20N2O2/c1-14(2)9-15-7-6-12(14)16-11-5-3-4-10(8-11)13(17)18/h3-5,8,12,15-16H,6-7,9H2,1-2H3,(H,17,18). The minimum atomic E-state index is -0.886. The maximum Gasteiger partial charge on any atom is 0.335 e. The number of rotatable bonds is 3. The lowest BCUT2D eigenvalue weighted by molar-refractivity contribution is 0.0697. The van der Waals surface area contributed by atoms with E-state index in [1.54, 1.807) is 18.2 Å². The second kappa shape index (κ2) is 4.98. The number of carboxylic acid groups (broad SMARTS) is 1. The fourth-order valence-electron chi connectivity index (χ4n) is 2.38. The third-order valence-corrected chi connectivity index (χ3v) is 3.58. The van der Waals surface area contributed by atoms with Crippen LogP contribution in [0.2, 0.25) is 0 Å². The molecule has 1 heterocycles. The van der Waals surface area contributed by atoms with Crippen LogP contribution in [0.5, 0.6) is 0 Å². The van der Waals surface area contributed by atoms with Gasteiger partial charge in [0.1, 0.15) is 0 Å². The number of anilines is 1. The Hall–Kier alpha value is -1.55. The highest BCUT2D eigenvalue weighted by molar-refractivity contribution is 5.88. The Morgan fingerprint density at radius 3 is 2.94 bits per heavy atom. The van der Waals surface area contributed by atoms with Gasteiger partial charge < -0.3 is 15.7 Å². The van der Waals surface area contributed by atoms with Gasteiger partial charge in [-0.3, -0.25) is 0 Å². The maximum absolute atomic E-state index is 10.9. The molecular weight excluding hydrogens is 228 g/mol. The van der Waals surface area contributed by atoms with Gasteiger partial charge >= 0.3 is 5.97 Å². The highest BCUT2D eigenvalue weighted by Gasteiger charge is 2.31. The molecule has 18 heavy (non-hydrogen) atoms. The summed E-state index contributed by atoms with van der Waals surface area (Å²) in [4.78, 5) is 10.9. The van der Waals surface area contributed by atoms with Gasteiger partial charge in [-0.2, -0.15) is 0 Å². The number of aromatic carboxylic acids is 1. The molecule has 1 aliphatic heterocycles. The van der Waals surface area contributed by atoms with Crippen LogP contribution in [0.1, 0.15) is 30.6 Å². The molecule has 3 N–H and O–H groups in total. The van der Waals surface area contributed by atoms with Gasteiger partial charge in [0.25, 0.3) is 0 Å². The molecule has 0 aliphatic carbocycles. The summed E-state index contributed by atoms with van der Waals surface area (Å²) < 4.78 is 0. The Kier molecular flexibility index (Phi) is 3.57. The van der Waals surface area contributed by atoms with Crippen LogP contribution in [0.15, 0.2) is 24.3 Å². The Morgan fingerprint density at radius 2 is 2.28 bits per heavy atom. The number of nitrogens with one attached hydrogen (secondary N) is 2. The quantitative estimate of drug-likeness (QED) is 0.767. The van der Waals surface area contributed by atoms with E-state index in [9.17, 15) is 4.79 Å². The molecule has 1 aliphatic rings. The smallest absolute Gasteiger partial charge is 0.335 e. The molecule has 1 aromatic carbocycles. The van der Waals surface area contributed by atoms with E-state index in [4.69, 9.17) is 5.11 Å². The molecule has 1 saturated heterocycles. The van der Waals surface area contributed by atoms with E-state index < -0.39 is 5.97 Å². The lowest BCUT2D eigenvalue weighted by atomic mass is 9.80. The van der Waals surface area contributed by atoms with Gasteiger partial charge in [0.15, 0.2) is 0 Å². The van der Waals surface area contributed by atoms with Crippen molar-refractivity contribution >= 4 is 11.7 Å². The van der Waals surface area contributed by atoms with Gasteiger partial charge in [0.2, 0.25) is 0 Å². The number of carboxylic acids is 1. The molecule has 4 heteroatoms. The van der Waals surface area contributed by atoms with Crippen LogP contribution >= 0.6 is 0 Å². The molecule has 0 radical (unpaired) electrons. The zero-order valence-corrected chi connectivity index (χ0v) is 10.9. The summed E-state index contributed by atoms with van der Waals surface area (Å²) in [7, 11) is 0. The molecule has 0 amide bonds. The predicted octanol–water partition coefficient (Wildman–Crippen LogP) is 2.18. The van der Waals surface area contributed by atoms with E-state index in [1.165, 1.54) is 0 Å². The van der Waals surface area contributed by atoms with Crippen LogP contribution in [0.3, 0.4) is 0 Å². The fraction of sp³-hybridized carbons (Fsp3) is 0.500. The lowest BCUT2D eigenvalue weighted by Crippen LogP contribution is -2.49. The van der Waals surface area contributed by atoms with Gasteiger partial charge in [-0.25, -0.2) is 4.79 Å². The molecule has 1 atom stereocenters. The third-order valence-electron chi connectivity index (χ3n) is 3.58. The first-order valence-corrected chi connectivity index (χ1v) is 6.30. The lowest BCUT2D eigenvalue weighted by Gasteiger charge is -2.40. The molecule has 0 aromatic heterocycles. The van der Waals surface area contributed by atoms with Crippen molar-refractivity contribution < 1.29 is 9.90 Å². The minimum absolute atomic E-state index is 0.164. The fourth-order valence-corrected chi connectivity index (χ4v) is 2.38. The number of benzene rings is 1. The second-order valence-corrected chi connectivity index (χ2v) is 5.54. The summed E-state index contributed by atoms with van der Waals surface area (Å²) in [6.07, 6.45) is 1.05. The average molecular weight is 248 g/mol. The highest BCUT2D eigenvalue weighted by atomic mass is 16.4. The van der Waals surface area contributed by atoms with Gasteiger partial charge in [0.05, 0.1) is 5.56 Å². The third kappa shape index (κ3) is 2.82. The van der Waals surface area contributed by atoms with Crippen LogP contribution < -0.4 is 10.6 Å². The summed E-state index contributed by atoms with van der Waals surface area (Å²) in [5.41, 5.74) is 1.37. The van der Waals surface area contributed by atoms with Gasteiger partial charge in [0, 0.05) is 18.3 Å². The normalized spacial score (nSPS) is 22.4. The summed E-state index contributed by atoms with van der Waals surface area (Å²) in [6.45, 7) is 6.42. The van der Waals surface area contributed by atoms with Crippen molar-refractivity contribution in [2.24, 2.45) is 5.41 Å². The van der Waals surface area contributed by atoms with Crippen molar-refractivity contribution in [3.63, 3.8) is 0 Å². The minimum Gasteiger partial charge on any atom is -0.478 e. The van der Waals surface area contributed by atoms with Crippen molar-refractivity contribution in [2.45, 2.75) is 26.3 Å². The molecule has 1 aromatic rings. The van der Waals surface area contributed by atoms with Crippen LogP contribution in [-0.4, -0.2) is 30.2 Å². The van der Waals surface area contributed by atoms with Crippen LogP contribution in [0.25, 0.3) is 0 Å². The predicted molar refractivity (Wildman–Crippen MR) is 72.1 cm³/mol. The molecule has 1 unspecified atom stereocenters. The van der Waals surface area contributed by atoms with Crippen molar-refractivity contribution in [1.29, 1.82) is 0 Å². The van der Waals surface area contributed by atoms with Crippen LogP contribution in [-0.2, 0) is 0 Å². The molecule has 98 valence electrons. The van der Waals surface area contributed by atoms with Crippen molar-refractivity contribution in [2.75, 3.05) is 18.4 Å². The molecule has 4 nitrogen and oxygen atoms in total. The number of hydrogen-bond acceptors (Lipinski definition) is 3. The number of hydrogen-bond donors (Lipinski definition) is 3. The SMILES string of the molecule is CC1(C)CNCCC1Nc1cccc(C(=O)O)c1. The Morgan fingerprint density at radius 1 is 1.50 bits per heavy atom. The topological polar surface area (TPSA) is 61.4 Å². The molecule has 0 spiro atoms. The molecule has 2 rings (SSSR count). The first-order chi connectivity index (χ1) is 8.49. The average Bonchev–Trinajstić information content (AvgIpc) is 2.32. The van der Waals surface area contributed by atoms with Crippen LogP contribution in [0, 0.1) is 5.41 Å². The maximum atomic E-state index is 10.9. The zero-order chi connectivity index (χ0) is 13.2. The van der Waals surface area contributed by atoms with Crippen molar-refractivity contribution in [1.82, 2.24) is 5.32 Å². The Balaban J connectivity index is 2.13. The number of piperidine rings is 1. The first-order valence-electron chi connectivity index (χ1n) is 6.30. The number of carbonyl (C=O) groups is 1. The molecule has 0 saturated carbocycles. The molecular formula is C14H20N2O2. The Labute approximate surface area is 107 Å². The summed E-state index contributed by atoms with van der Waals surface area (Å²) in [5, 5.41) is 15.8. The van der Waals surface area contributed by atoms with E-state index in [1.807, 2.05) is 6.07 Å². The Bertz CT molecular complexity index is 443. The summed E-state index contributed by atoms with van der Waals surface area (Å²) in [6, 6.07) is 7.37. The van der Waals surface area contributed by atoms with E-state index in [0.717, 1.165) is 25.2 Å². The molecule has 0 bridgehead atoms. The molecule has 1 fully saturated rings.